The minimum atomic E-state index is -4.74. The van der Waals surface area contributed by atoms with Crippen LogP contribution >= 0.6 is 0 Å². The molecule has 11 heteroatoms. The smallest absolute Gasteiger partial charge is 0.406 e. The van der Waals surface area contributed by atoms with Gasteiger partial charge in [-0.05, 0) is 42.0 Å². The third-order valence-electron chi connectivity index (χ3n) is 6.18. The van der Waals surface area contributed by atoms with E-state index in [1.54, 1.807) is 29.2 Å². The molecule has 3 aromatic rings. The van der Waals surface area contributed by atoms with Gasteiger partial charge in [-0.2, -0.15) is 15.4 Å². The van der Waals surface area contributed by atoms with Gasteiger partial charge in [-0.3, -0.25) is 9.59 Å². The molecule has 0 aliphatic carbocycles. The third kappa shape index (κ3) is 4.59. The molecular weight excluding hydrogens is 451 g/mol. The van der Waals surface area contributed by atoms with E-state index in [0.717, 1.165) is 0 Å². The Labute approximate surface area is 192 Å². The summed E-state index contributed by atoms with van der Waals surface area (Å²) >= 11 is 0. The van der Waals surface area contributed by atoms with Gasteiger partial charge in [0, 0.05) is 49.7 Å². The summed E-state index contributed by atoms with van der Waals surface area (Å²) in [5, 5.41) is 10.6. The Balaban J connectivity index is 1.15. The number of carbonyl (C=O) groups is 2. The molecule has 0 spiro atoms. The zero-order chi connectivity index (χ0) is 23.9. The maximum absolute atomic E-state index is 12.9. The maximum atomic E-state index is 12.9. The largest absolute Gasteiger partial charge is 0.573 e. The predicted octanol–water partition coefficient (Wildman–Crippen LogP) is 3.10. The van der Waals surface area contributed by atoms with E-state index < -0.39 is 6.36 Å². The number of ether oxygens (including phenoxy) is 1. The van der Waals surface area contributed by atoms with E-state index in [0.29, 0.717) is 48.3 Å². The van der Waals surface area contributed by atoms with Gasteiger partial charge in [0.05, 0.1) is 0 Å². The molecule has 8 nitrogen and oxygen atoms in total. The monoisotopic (exact) mass is 471 g/mol. The van der Waals surface area contributed by atoms with Crippen LogP contribution in [0.5, 0.6) is 5.75 Å². The number of benzene rings is 2. The molecule has 2 aromatic carbocycles. The van der Waals surface area contributed by atoms with Crippen LogP contribution in [0.25, 0.3) is 17.1 Å². The van der Waals surface area contributed by atoms with Crippen molar-refractivity contribution in [2.24, 2.45) is 11.8 Å². The Bertz CT molecular complexity index is 1240. The first-order chi connectivity index (χ1) is 16.2. The second-order valence-electron chi connectivity index (χ2n) is 8.45. The number of amides is 2. The molecule has 1 N–H and O–H groups in total. The predicted molar refractivity (Wildman–Crippen MR) is 116 cm³/mol. The summed E-state index contributed by atoms with van der Waals surface area (Å²) in [6.45, 7) is 2.26. The molecular formula is C23H20F3N5O3. The number of halogens is 3. The molecule has 2 saturated heterocycles. The number of fused-ring (bicyclic) bond motifs is 2. The highest BCUT2D eigenvalue weighted by molar-refractivity contribution is 5.97. The number of aromatic nitrogens is 3. The molecule has 2 atom stereocenters. The summed E-state index contributed by atoms with van der Waals surface area (Å²) < 4.78 is 40.6. The van der Waals surface area contributed by atoms with E-state index in [2.05, 4.69) is 20.1 Å². The topological polar surface area (TPSA) is 91.4 Å². The lowest BCUT2D eigenvalue weighted by Gasteiger charge is -2.21. The Hall–Kier alpha value is -3.89. The Kier molecular flexibility index (Phi) is 5.46. The lowest BCUT2D eigenvalue weighted by atomic mass is 10.0. The second-order valence-corrected chi connectivity index (χ2v) is 8.45. The molecule has 5 rings (SSSR count). The minimum Gasteiger partial charge on any atom is -0.406 e. The van der Waals surface area contributed by atoms with Crippen LogP contribution in [0.3, 0.4) is 0 Å². The fourth-order valence-electron chi connectivity index (χ4n) is 4.55. The fourth-order valence-corrected chi connectivity index (χ4v) is 4.55. The van der Waals surface area contributed by atoms with Crippen molar-refractivity contribution in [1.82, 2.24) is 25.2 Å². The van der Waals surface area contributed by atoms with Crippen LogP contribution in [0.1, 0.15) is 15.9 Å². The van der Waals surface area contributed by atoms with Crippen molar-refractivity contribution in [2.45, 2.75) is 6.36 Å². The van der Waals surface area contributed by atoms with E-state index in [-0.39, 0.29) is 29.4 Å². The van der Waals surface area contributed by atoms with Gasteiger partial charge >= 0.3 is 6.36 Å². The summed E-state index contributed by atoms with van der Waals surface area (Å²) in [7, 11) is 0. The van der Waals surface area contributed by atoms with Crippen LogP contribution in [0.2, 0.25) is 0 Å². The van der Waals surface area contributed by atoms with Gasteiger partial charge in [-0.15, -0.1) is 13.2 Å². The standard InChI is InChI=1S/C23H20F3N5O3/c24-23(25,26)34-18-5-1-14(2-6-18)3-8-21(32)30-10-16-12-31(13-17(16)11-30)22(33)15-4-7-19-20(9-15)28-29-27-19/h1-9,16-17H,10-13H2,(H,27,28,29)/b8-3+/t16-,17-/m0/s1. The molecule has 1 aromatic heterocycles. The zero-order valence-electron chi connectivity index (χ0n) is 17.8. The summed E-state index contributed by atoms with van der Waals surface area (Å²) in [5.74, 6) is -0.135. The average Bonchev–Trinajstić information content (AvgIpc) is 3.51. The molecule has 0 saturated carbocycles. The van der Waals surface area contributed by atoms with Crippen molar-refractivity contribution >= 4 is 28.9 Å². The van der Waals surface area contributed by atoms with Crippen LogP contribution in [-0.2, 0) is 4.79 Å². The van der Waals surface area contributed by atoms with Gasteiger partial charge < -0.3 is 14.5 Å². The van der Waals surface area contributed by atoms with Crippen molar-refractivity contribution in [3.8, 4) is 5.75 Å². The molecule has 0 radical (unpaired) electrons. The number of likely N-dealkylation sites (tertiary alicyclic amines) is 2. The normalized spacial score (nSPS) is 20.3. The van der Waals surface area contributed by atoms with Gasteiger partial charge in [0.15, 0.2) is 0 Å². The van der Waals surface area contributed by atoms with Crippen LogP contribution in [0.15, 0.2) is 48.5 Å². The van der Waals surface area contributed by atoms with Gasteiger partial charge in [0.25, 0.3) is 5.91 Å². The number of hydrogen-bond acceptors (Lipinski definition) is 5. The molecule has 2 fully saturated rings. The molecule has 3 heterocycles. The summed E-state index contributed by atoms with van der Waals surface area (Å²) in [6, 6.07) is 10.5. The van der Waals surface area contributed by atoms with Crippen LogP contribution < -0.4 is 4.74 Å². The van der Waals surface area contributed by atoms with E-state index in [1.165, 1.54) is 30.3 Å². The molecule has 2 amide bonds. The zero-order valence-corrected chi connectivity index (χ0v) is 17.8. The number of nitrogens with one attached hydrogen (secondary N) is 1. The molecule has 34 heavy (non-hydrogen) atoms. The second kappa shape index (κ2) is 8.47. The van der Waals surface area contributed by atoms with Crippen LogP contribution in [0, 0.1) is 11.8 Å². The van der Waals surface area contributed by atoms with Gasteiger partial charge in [-0.1, -0.05) is 12.1 Å². The van der Waals surface area contributed by atoms with Crippen molar-refractivity contribution in [3.05, 3.63) is 59.7 Å². The molecule has 176 valence electrons. The Morgan fingerprint density at radius 3 is 2.26 bits per heavy atom. The van der Waals surface area contributed by atoms with E-state index in [4.69, 9.17) is 0 Å². The van der Waals surface area contributed by atoms with E-state index in [9.17, 15) is 22.8 Å². The van der Waals surface area contributed by atoms with Crippen molar-refractivity contribution < 1.29 is 27.5 Å². The lowest BCUT2D eigenvalue weighted by Crippen LogP contribution is -2.35. The fraction of sp³-hybridized carbons (Fsp3) is 0.304. The average molecular weight is 471 g/mol. The number of hydrogen-bond donors (Lipinski definition) is 1. The molecule has 0 unspecified atom stereocenters. The van der Waals surface area contributed by atoms with Crippen molar-refractivity contribution in [1.29, 1.82) is 0 Å². The summed E-state index contributed by atoms with van der Waals surface area (Å²) in [6.07, 6.45) is -1.77. The van der Waals surface area contributed by atoms with Gasteiger partial charge in [0.2, 0.25) is 5.91 Å². The highest BCUT2D eigenvalue weighted by atomic mass is 19.4. The number of alkyl halides is 3. The molecule has 2 aliphatic rings. The molecule has 0 bridgehead atoms. The summed E-state index contributed by atoms with van der Waals surface area (Å²) in [4.78, 5) is 29.1. The number of nitrogens with zero attached hydrogens (tertiary/aromatic N) is 4. The van der Waals surface area contributed by atoms with Crippen LogP contribution in [0.4, 0.5) is 13.2 Å². The molecule has 2 aliphatic heterocycles. The Morgan fingerprint density at radius 1 is 0.941 bits per heavy atom. The van der Waals surface area contributed by atoms with Crippen LogP contribution in [-0.4, -0.2) is 69.6 Å². The number of carbonyl (C=O) groups excluding carboxylic acids is 2. The quantitative estimate of drug-likeness (QED) is 0.591. The first-order valence-corrected chi connectivity index (χ1v) is 10.7. The summed E-state index contributed by atoms with van der Waals surface area (Å²) in [5.41, 5.74) is 2.48. The van der Waals surface area contributed by atoms with E-state index >= 15 is 0 Å². The minimum absolute atomic E-state index is 0.0602. The van der Waals surface area contributed by atoms with Gasteiger partial charge in [-0.25, -0.2) is 0 Å². The highest BCUT2D eigenvalue weighted by Crippen LogP contribution is 2.32. The first-order valence-electron chi connectivity index (χ1n) is 10.7. The number of rotatable bonds is 4. The number of H-pyrrole nitrogens is 1. The van der Waals surface area contributed by atoms with Crippen molar-refractivity contribution in [3.63, 3.8) is 0 Å². The maximum Gasteiger partial charge on any atom is 0.573 e. The van der Waals surface area contributed by atoms with Gasteiger partial charge in [0.1, 0.15) is 16.8 Å². The van der Waals surface area contributed by atoms with Crippen molar-refractivity contribution in [2.75, 3.05) is 26.2 Å². The SMILES string of the molecule is O=C(/C=C/c1ccc(OC(F)(F)F)cc1)N1C[C@H]2CN(C(=O)c3ccc4n[nH]nc4c3)C[C@@H]2C1. The number of aromatic amines is 1. The Morgan fingerprint density at radius 2 is 1.59 bits per heavy atom. The third-order valence-corrected chi connectivity index (χ3v) is 6.18. The lowest BCUT2D eigenvalue weighted by molar-refractivity contribution is -0.274. The first kappa shape index (κ1) is 21.9. The highest BCUT2D eigenvalue weighted by Gasteiger charge is 2.42. The van der Waals surface area contributed by atoms with E-state index in [1.807, 2.05) is 4.90 Å².